The van der Waals surface area contributed by atoms with Gasteiger partial charge >= 0.3 is 0 Å². The number of hydrogen-bond acceptors (Lipinski definition) is 7. The number of aliphatic hydroxyl groups is 1. The Morgan fingerprint density at radius 3 is 2.50 bits per heavy atom. The molecule has 2 amide bonds. The van der Waals surface area contributed by atoms with Crippen LogP contribution in [0.1, 0.15) is 36.0 Å². The number of carbonyl (C=O) groups excluding carboxylic acids is 2. The minimum absolute atomic E-state index is 0.253. The number of anilines is 3. The zero-order valence-electron chi connectivity index (χ0n) is 20.1. The Morgan fingerprint density at radius 1 is 1.08 bits per heavy atom. The Bertz CT molecular complexity index is 1330. The molecule has 186 valence electrons. The van der Waals surface area contributed by atoms with Crippen molar-refractivity contribution in [2.75, 3.05) is 29.0 Å². The van der Waals surface area contributed by atoms with Gasteiger partial charge in [-0.25, -0.2) is 4.98 Å². The van der Waals surface area contributed by atoms with Gasteiger partial charge in [0.15, 0.2) is 6.10 Å². The first-order chi connectivity index (χ1) is 17.4. The molecular formula is C27H29N5O4. The molecule has 4 aromatic rings. The van der Waals surface area contributed by atoms with Crippen molar-refractivity contribution in [2.45, 2.75) is 26.0 Å². The van der Waals surface area contributed by atoms with Gasteiger partial charge in [-0.2, -0.15) is 0 Å². The van der Waals surface area contributed by atoms with Gasteiger partial charge in [-0.1, -0.05) is 0 Å². The van der Waals surface area contributed by atoms with Gasteiger partial charge in [0.1, 0.15) is 17.6 Å². The number of fused-ring (bicyclic) bond motifs is 1. The van der Waals surface area contributed by atoms with E-state index in [1.165, 1.54) is 6.26 Å². The Kier molecular flexibility index (Phi) is 7.50. The smallest absolute Gasteiger partial charge is 0.255 e. The standard InChI is InChI=1S/C27H29N5O4/c1-3-32(4-2)20-10-7-17(8-11-20)26(34)31-23(22-6-5-15-36-22)24(33)27(35)30-19-9-12-21-18(16-19)13-14-29-25(21)28/h5-16,23-24,33H,3-4H2,1-2H3,(H2,28,29)(H,30,35)(H,31,34). The van der Waals surface area contributed by atoms with Gasteiger partial charge in [0, 0.05) is 41.6 Å². The lowest BCUT2D eigenvalue weighted by atomic mass is 10.1. The lowest BCUT2D eigenvalue weighted by Gasteiger charge is -2.23. The first kappa shape index (κ1) is 24.7. The number of hydrogen-bond donors (Lipinski definition) is 4. The summed E-state index contributed by atoms with van der Waals surface area (Å²) >= 11 is 0. The lowest BCUT2D eigenvalue weighted by Crippen LogP contribution is -2.42. The van der Waals surface area contributed by atoms with Gasteiger partial charge in [-0.05, 0) is 79.9 Å². The van der Waals surface area contributed by atoms with E-state index in [4.69, 9.17) is 10.2 Å². The zero-order valence-corrected chi connectivity index (χ0v) is 20.1. The highest BCUT2D eigenvalue weighted by atomic mass is 16.3. The molecule has 0 aliphatic heterocycles. The summed E-state index contributed by atoms with van der Waals surface area (Å²) in [5.74, 6) is -0.503. The first-order valence-corrected chi connectivity index (χ1v) is 11.7. The van der Waals surface area contributed by atoms with Gasteiger partial charge in [-0.3, -0.25) is 9.59 Å². The fourth-order valence-corrected chi connectivity index (χ4v) is 4.06. The second kappa shape index (κ2) is 10.9. The molecule has 2 unspecified atom stereocenters. The van der Waals surface area contributed by atoms with Crippen molar-refractivity contribution < 1.29 is 19.1 Å². The van der Waals surface area contributed by atoms with E-state index in [1.807, 2.05) is 12.1 Å². The van der Waals surface area contributed by atoms with E-state index in [0.717, 1.165) is 29.5 Å². The van der Waals surface area contributed by atoms with Gasteiger partial charge in [-0.15, -0.1) is 0 Å². The fourth-order valence-electron chi connectivity index (χ4n) is 4.06. The molecule has 2 aromatic carbocycles. The number of carbonyl (C=O) groups is 2. The van der Waals surface area contributed by atoms with Crippen molar-refractivity contribution in [3.8, 4) is 0 Å². The van der Waals surface area contributed by atoms with E-state index in [2.05, 4.69) is 34.4 Å². The topological polar surface area (TPSA) is 134 Å². The number of amides is 2. The summed E-state index contributed by atoms with van der Waals surface area (Å²) < 4.78 is 5.42. The molecule has 4 rings (SSSR count). The highest BCUT2D eigenvalue weighted by molar-refractivity contribution is 6.00. The van der Waals surface area contributed by atoms with E-state index in [0.29, 0.717) is 17.1 Å². The molecule has 0 aliphatic rings. The highest BCUT2D eigenvalue weighted by Crippen LogP contribution is 2.24. The molecule has 9 nitrogen and oxygen atoms in total. The summed E-state index contributed by atoms with van der Waals surface area (Å²) in [6, 6.07) is 16.2. The number of nitrogens with one attached hydrogen (secondary N) is 2. The van der Waals surface area contributed by atoms with E-state index in [9.17, 15) is 14.7 Å². The predicted octanol–water partition coefficient (Wildman–Crippen LogP) is 3.73. The maximum Gasteiger partial charge on any atom is 0.255 e. The average Bonchev–Trinajstić information content (AvgIpc) is 3.43. The third-order valence-electron chi connectivity index (χ3n) is 6.04. The van der Waals surface area contributed by atoms with Crippen molar-refractivity contribution in [3.05, 3.63) is 84.4 Å². The van der Waals surface area contributed by atoms with Crippen LogP contribution in [0.4, 0.5) is 17.2 Å². The fraction of sp³-hybridized carbons (Fsp3) is 0.222. The molecule has 0 bridgehead atoms. The number of pyridine rings is 1. The minimum atomic E-state index is -1.62. The maximum absolute atomic E-state index is 13.0. The predicted molar refractivity (Wildman–Crippen MR) is 140 cm³/mol. The van der Waals surface area contributed by atoms with Crippen LogP contribution in [0.2, 0.25) is 0 Å². The summed E-state index contributed by atoms with van der Waals surface area (Å²) in [5, 5.41) is 17.9. The normalized spacial score (nSPS) is 12.6. The zero-order chi connectivity index (χ0) is 25.7. The van der Waals surface area contributed by atoms with Crippen LogP contribution in [0.3, 0.4) is 0 Å². The number of rotatable bonds is 9. The van der Waals surface area contributed by atoms with Crippen LogP contribution >= 0.6 is 0 Å². The second-order valence-corrected chi connectivity index (χ2v) is 8.25. The molecule has 0 saturated heterocycles. The maximum atomic E-state index is 13.0. The largest absolute Gasteiger partial charge is 0.467 e. The third-order valence-corrected chi connectivity index (χ3v) is 6.04. The van der Waals surface area contributed by atoms with Gasteiger partial charge in [0.25, 0.3) is 11.8 Å². The molecule has 0 aliphatic carbocycles. The van der Waals surface area contributed by atoms with Crippen LogP contribution < -0.4 is 21.3 Å². The molecular weight excluding hydrogens is 458 g/mol. The number of benzene rings is 2. The number of nitrogens with two attached hydrogens (primary N) is 1. The van der Waals surface area contributed by atoms with Crippen LogP contribution in [0.15, 0.2) is 77.5 Å². The summed E-state index contributed by atoms with van der Waals surface area (Å²) in [5.41, 5.74) is 7.76. The minimum Gasteiger partial charge on any atom is -0.467 e. The van der Waals surface area contributed by atoms with Crippen molar-refractivity contribution in [1.82, 2.24) is 10.3 Å². The highest BCUT2D eigenvalue weighted by Gasteiger charge is 2.31. The van der Waals surface area contributed by atoms with Crippen LogP contribution in [-0.4, -0.2) is 41.1 Å². The molecule has 9 heteroatoms. The number of aromatic nitrogens is 1. The average molecular weight is 488 g/mol. The summed E-state index contributed by atoms with van der Waals surface area (Å²) in [7, 11) is 0. The second-order valence-electron chi connectivity index (χ2n) is 8.25. The van der Waals surface area contributed by atoms with Crippen LogP contribution in [0, 0.1) is 0 Å². The van der Waals surface area contributed by atoms with E-state index in [1.54, 1.807) is 54.7 Å². The molecule has 2 heterocycles. The molecule has 2 aromatic heterocycles. The molecule has 0 spiro atoms. The van der Waals surface area contributed by atoms with E-state index in [-0.39, 0.29) is 5.76 Å². The summed E-state index contributed by atoms with van der Waals surface area (Å²) in [6.07, 6.45) is 1.38. The molecule has 0 saturated carbocycles. The summed E-state index contributed by atoms with van der Waals surface area (Å²) in [4.78, 5) is 32.2. The number of nitrogens with zero attached hydrogens (tertiary/aromatic N) is 2. The molecule has 36 heavy (non-hydrogen) atoms. The Morgan fingerprint density at radius 2 is 1.83 bits per heavy atom. The van der Waals surface area contributed by atoms with E-state index >= 15 is 0 Å². The van der Waals surface area contributed by atoms with Gasteiger partial charge < -0.3 is 30.8 Å². The monoisotopic (exact) mass is 487 g/mol. The van der Waals surface area contributed by atoms with Gasteiger partial charge in [0.05, 0.1) is 6.26 Å². The Hall–Kier alpha value is -4.37. The van der Waals surface area contributed by atoms with Gasteiger partial charge in [0.2, 0.25) is 0 Å². The number of furan rings is 1. The van der Waals surface area contributed by atoms with E-state index < -0.39 is 24.0 Å². The quantitative estimate of drug-likeness (QED) is 0.283. The number of nitrogen functional groups attached to an aromatic ring is 1. The van der Waals surface area contributed by atoms with Crippen LogP contribution in [-0.2, 0) is 4.79 Å². The Balaban J connectivity index is 1.51. The molecule has 2 atom stereocenters. The van der Waals surface area contributed by atoms with Crippen molar-refractivity contribution in [1.29, 1.82) is 0 Å². The Labute approximate surface area is 208 Å². The van der Waals surface area contributed by atoms with Crippen LogP contribution in [0.25, 0.3) is 10.8 Å². The van der Waals surface area contributed by atoms with Crippen molar-refractivity contribution >= 4 is 39.8 Å². The lowest BCUT2D eigenvalue weighted by molar-refractivity contribution is -0.125. The number of aliphatic hydroxyl groups excluding tert-OH is 1. The first-order valence-electron chi connectivity index (χ1n) is 11.7. The molecule has 0 fully saturated rings. The summed E-state index contributed by atoms with van der Waals surface area (Å²) in [6.45, 7) is 5.83. The molecule has 0 radical (unpaired) electrons. The van der Waals surface area contributed by atoms with Crippen molar-refractivity contribution in [3.63, 3.8) is 0 Å². The SMILES string of the molecule is CCN(CC)c1ccc(C(=O)NC(c2ccco2)C(O)C(=O)Nc2ccc3c(N)nccc3c2)cc1. The molecule has 5 N–H and O–H groups in total. The van der Waals surface area contributed by atoms with Crippen LogP contribution in [0.5, 0.6) is 0 Å². The third kappa shape index (κ3) is 5.31. The van der Waals surface area contributed by atoms with Crippen molar-refractivity contribution in [2.24, 2.45) is 0 Å².